The molecule has 0 heterocycles. The molecule has 0 aliphatic carbocycles. The largest absolute Gasteiger partial charge is 0.491 e. The summed E-state index contributed by atoms with van der Waals surface area (Å²) in [6.07, 6.45) is 12.4. The molecule has 0 aliphatic rings. The van der Waals surface area contributed by atoms with Gasteiger partial charge in [0, 0.05) is 13.3 Å². The van der Waals surface area contributed by atoms with Crippen molar-refractivity contribution in [3.8, 4) is 5.75 Å². The van der Waals surface area contributed by atoms with Crippen molar-refractivity contribution in [2.24, 2.45) is 4.99 Å². The Labute approximate surface area is 349 Å². The van der Waals surface area contributed by atoms with Crippen LogP contribution < -0.4 is 4.74 Å². The van der Waals surface area contributed by atoms with Crippen molar-refractivity contribution in [1.82, 2.24) is 0 Å². The molecule has 0 unspecified atom stereocenters. The summed E-state index contributed by atoms with van der Waals surface area (Å²) < 4.78 is 65.6. The molecule has 0 saturated carbocycles. The SMILES string of the molecule is CCCCCCCCCc1ccc(C=Nc2ccc(OCCOCCOCCOCCOCCOCCOCCOCCOCCOCCOCCOC)cc2)cc1. The summed E-state index contributed by atoms with van der Waals surface area (Å²) in [6, 6.07) is 16.5. The highest BCUT2D eigenvalue weighted by atomic mass is 16.6. The van der Waals surface area contributed by atoms with E-state index in [4.69, 9.17) is 56.8 Å². The van der Waals surface area contributed by atoms with Gasteiger partial charge in [-0.2, -0.15) is 0 Å². The Hall–Kier alpha value is -2.53. The lowest BCUT2D eigenvalue weighted by molar-refractivity contribution is -0.0273. The van der Waals surface area contributed by atoms with Crippen LogP contribution in [0.3, 0.4) is 0 Å². The molecule has 0 aliphatic heterocycles. The Morgan fingerprint density at radius 1 is 0.397 bits per heavy atom. The third-order valence-corrected chi connectivity index (χ3v) is 8.52. The summed E-state index contributed by atoms with van der Waals surface area (Å²) in [5, 5.41) is 0. The van der Waals surface area contributed by atoms with Crippen LogP contribution in [0.25, 0.3) is 0 Å². The van der Waals surface area contributed by atoms with Crippen LogP contribution in [-0.2, 0) is 58.5 Å². The fraction of sp³-hybridized carbons (Fsp3) is 0.711. The maximum absolute atomic E-state index is 5.79. The van der Waals surface area contributed by atoms with Crippen LogP contribution in [0.2, 0.25) is 0 Å². The van der Waals surface area contributed by atoms with E-state index in [1.165, 1.54) is 50.5 Å². The molecule has 58 heavy (non-hydrogen) atoms. The molecule has 2 aromatic rings. The van der Waals surface area contributed by atoms with Crippen LogP contribution in [0, 0.1) is 0 Å². The number of unbranched alkanes of at least 4 members (excludes halogenated alkanes) is 6. The lowest BCUT2D eigenvalue weighted by Crippen LogP contribution is -2.15. The highest BCUT2D eigenvalue weighted by Crippen LogP contribution is 2.18. The van der Waals surface area contributed by atoms with Crippen LogP contribution in [0.5, 0.6) is 5.75 Å². The van der Waals surface area contributed by atoms with Gasteiger partial charge in [-0.25, -0.2) is 0 Å². The van der Waals surface area contributed by atoms with Gasteiger partial charge in [-0.1, -0.05) is 69.7 Å². The van der Waals surface area contributed by atoms with Gasteiger partial charge in [0.05, 0.1) is 144 Å². The molecule has 0 N–H and O–H groups in total. The fourth-order valence-electron chi connectivity index (χ4n) is 5.28. The number of nitrogens with zero attached hydrogens (tertiary/aromatic N) is 1. The third-order valence-electron chi connectivity index (χ3n) is 8.52. The molecule has 2 aromatic carbocycles. The molecule has 0 saturated heterocycles. The van der Waals surface area contributed by atoms with Gasteiger partial charge in [-0.15, -0.1) is 0 Å². The minimum atomic E-state index is 0.467. The highest BCUT2D eigenvalue weighted by Gasteiger charge is 1.99. The van der Waals surface area contributed by atoms with E-state index in [1.54, 1.807) is 7.11 Å². The van der Waals surface area contributed by atoms with Gasteiger partial charge < -0.3 is 56.8 Å². The van der Waals surface area contributed by atoms with Crippen LogP contribution in [-0.4, -0.2) is 159 Å². The quantitative estimate of drug-likeness (QED) is 0.0510. The van der Waals surface area contributed by atoms with Crippen molar-refractivity contribution in [1.29, 1.82) is 0 Å². The lowest BCUT2D eigenvalue weighted by atomic mass is 10.0. The average Bonchev–Trinajstić information content (AvgIpc) is 3.25. The first-order valence-electron chi connectivity index (χ1n) is 21.4. The number of ether oxygens (including phenoxy) is 12. The molecule has 0 radical (unpaired) electrons. The van der Waals surface area contributed by atoms with Crippen molar-refractivity contribution in [2.45, 2.75) is 58.3 Å². The number of methoxy groups -OCH3 is 1. The van der Waals surface area contributed by atoms with E-state index in [1.807, 2.05) is 30.5 Å². The maximum Gasteiger partial charge on any atom is 0.119 e. The Bertz CT molecular complexity index is 1160. The van der Waals surface area contributed by atoms with Gasteiger partial charge in [0.25, 0.3) is 0 Å². The van der Waals surface area contributed by atoms with Crippen LogP contribution in [0.1, 0.15) is 63.0 Å². The molecule has 332 valence electrons. The van der Waals surface area contributed by atoms with Crippen LogP contribution in [0.15, 0.2) is 53.5 Å². The fourth-order valence-corrected chi connectivity index (χ4v) is 5.28. The summed E-state index contributed by atoms with van der Waals surface area (Å²) in [6.45, 7) is 13.7. The Balaban J connectivity index is 1.26. The zero-order valence-corrected chi connectivity index (χ0v) is 35.8. The first kappa shape index (κ1) is 51.6. The molecule has 0 bridgehead atoms. The van der Waals surface area contributed by atoms with Crippen molar-refractivity contribution >= 4 is 11.9 Å². The molecule has 13 heteroatoms. The summed E-state index contributed by atoms with van der Waals surface area (Å²) in [7, 11) is 1.65. The third kappa shape index (κ3) is 33.3. The Morgan fingerprint density at radius 3 is 1.16 bits per heavy atom. The second-order valence-corrected chi connectivity index (χ2v) is 13.3. The Kier molecular flexibility index (Phi) is 36.7. The summed E-state index contributed by atoms with van der Waals surface area (Å²) in [4.78, 5) is 4.61. The molecule has 13 nitrogen and oxygen atoms in total. The zero-order valence-electron chi connectivity index (χ0n) is 35.8. The number of aliphatic imine (C=N–C) groups is 1. The van der Waals surface area contributed by atoms with E-state index in [-0.39, 0.29) is 0 Å². The molecular formula is C45H75NO12. The van der Waals surface area contributed by atoms with Gasteiger partial charge in [-0.3, -0.25) is 4.99 Å². The minimum Gasteiger partial charge on any atom is -0.491 e. The number of hydrogen-bond donors (Lipinski definition) is 0. The van der Waals surface area contributed by atoms with Crippen molar-refractivity contribution in [3.05, 3.63) is 59.7 Å². The molecule has 0 fully saturated rings. The maximum atomic E-state index is 5.79. The average molecular weight is 822 g/mol. The standard InChI is InChI=1S/C45H75NO12/c1-3-4-5-6-7-8-9-10-42-11-13-43(14-12-42)41-46-44-15-17-45(18-16-44)58-40-39-57-38-37-56-36-35-55-34-33-54-32-31-53-30-29-52-28-27-51-26-25-50-24-23-49-22-21-48-20-19-47-2/h11-18,41H,3-10,19-40H2,1-2H3. The second-order valence-electron chi connectivity index (χ2n) is 13.3. The van der Waals surface area contributed by atoms with Gasteiger partial charge in [-0.05, 0) is 48.2 Å². The van der Waals surface area contributed by atoms with E-state index >= 15 is 0 Å². The van der Waals surface area contributed by atoms with Gasteiger partial charge >= 0.3 is 0 Å². The lowest BCUT2D eigenvalue weighted by Gasteiger charge is -2.09. The van der Waals surface area contributed by atoms with Crippen LogP contribution in [0.4, 0.5) is 5.69 Å². The van der Waals surface area contributed by atoms with Crippen molar-refractivity contribution in [3.63, 3.8) is 0 Å². The predicted octanol–water partition coefficient (Wildman–Crippen LogP) is 6.92. The molecule has 0 aromatic heterocycles. The van der Waals surface area contributed by atoms with Crippen molar-refractivity contribution in [2.75, 3.05) is 152 Å². The number of rotatable bonds is 44. The number of hydrogen-bond acceptors (Lipinski definition) is 13. The highest BCUT2D eigenvalue weighted by molar-refractivity contribution is 5.81. The summed E-state index contributed by atoms with van der Waals surface area (Å²) in [5.74, 6) is 0.791. The van der Waals surface area contributed by atoms with E-state index in [0.29, 0.717) is 145 Å². The smallest absolute Gasteiger partial charge is 0.119 e. The van der Waals surface area contributed by atoms with E-state index < -0.39 is 0 Å². The summed E-state index contributed by atoms with van der Waals surface area (Å²) in [5.41, 5.74) is 3.39. The second kappa shape index (κ2) is 41.2. The monoisotopic (exact) mass is 822 g/mol. The minimum absolute atomic E-state index is 0.467. The van der Waals surface area contributed by atoms with E-state index in [2.05, 4.69) is 36.2 Å². The molecule has 2 rings (SSSR count). The van der Waals surface area contributed by atoms with Gasteiger partial charge in [0.2, 0.25) is 0 Å². The Morgan fingerprint density at radius 2 is 0.759 bits per heavy atom. The van der Waals surface area contributed by atoms with Gasteiger partial charge in [0.1, 0.15) is 12.4 Å². The van der Waals surface area contributed by atoms with E-state index in [9.17, 15) is 0 Å². The zero-order chi connectivity index (χ0) is 41.1. The molecular weight excluding hydrogens is 746 g/mol. The molecule has 0 atom stereocenters. The van der Waals surface area contributed by atoms with Crippen molar-refractivity contribution < 1.29 is 56.8 Å². The molecule has 0 amide bonds. The topological polar surface area (TPSA) is 123 Å². The first-order valence-corrected chi connectivity index (χ1v) is 21.4. The van der Waals surface area contributed by atoms with E-state index in [0.717, 1.165) is 23.4 Å². The normalized spacial score (nSPS) is 11.6. The summed E-state index contributed by atoms with van der Waals surface area (Å²) >= 11 is 0. The molecule has 0 spiro atoms. The van der Waals surface area contributed by atoms with Gasteiger partial charge in [0.15, 0.2) is 0 Å². The first-order chi connectivity index (χ1) is 28.8. The van der Waals surface area contributed by atoms with Crippen LogP contribution >= 0.6 is 0 Å². The predicted molar refractivity (Wildman–Crippen MR) is 227 cm³/mol. The number of benzene rings is 2. The number of aryl methyl sites for hydroxylation is 1.